The Hall–Kier alpha value is -1.62. The molecule has 0 aromatic heterocycles. The third-order valence-corrected chi connectivity index (χ3v) is 5.72. The van der Waals surface area contributed by atoms with Crippen LogP contribution in [0.25, 0.3) is 0 Å². The van der Waals surface area contributed by atoms with Crippen molar-refractivity contribution in [2.24, 2.45) is 0 Å². The molecule has 3 rings (SSSR count). The van der Waals surface area contributed by atoms with E-state index >= 15 is 0 Å². The number of benzene rings is 2. The van der Waals surface area contributed by atoms with Crippen molar-refractivity contribution >= 4 is 34.6 Å². The van der Waals surface area contributed by atoms with E-state index in [0.29, 0.717) is 11.2 Å². The number of likely N-dealkylation sites (tertiary alicyclic amines) is 1. The van der Waals surface area contributed by atoms with Crippen molar-refractivity contribution in [3.63, 3.8) is 0 Å². The lowest BCUT2D eigenvalue weighted by Crippen LogP contribution is -3.11. The van der Waals surface area contributed by atoms with Crippen LogP contribution in [0.1, 0.15) is 35.6 Å². The van der Waals surface area contributed by atoms with Crippen molar-refractivity contribution < 1.29 is 4.90 Å². The SMILES string of the molecule is Cc1ccc(C)c(NC(=S)NC[C@@H](c2ccccc2Cl)[NH+]2CCCC2)c1. The number of hydrogen-bond acceptors (Lipinski definition) is 1. The van der Waals surface area contributed by atoms with E-state index in [-0.39, 0.29) is 0 Å². The second-order valence-corrected chi connectivity index (χ2v) is 7.91. The van der Waals surface area contributed by atoms with Gasteiger partial charge in [-0.05, 0) is 49.3 Å². The van der Waals surface area contributed by atoms with Crippen molar-refractivity contribution in [3.05, 3.63) is 64.2 Å². The number of hydrogen-bond donors (Lipinski definition) is 3. The highest BCUT2D eigenvalue weighted by Crippen LogP contribution is 2.21. The van der Waals surface area contributed by atoms with Crippen LogP contribution in [0.2, 0.25) is 5.02 Å². The summed E-state index contributed by atoms with van der Waals surface area (Å²) in [6, 6.07) is 14.8. The minimum absolute atomic E-state index is 0.310. The molecule has 1 saturated heterocycles. The van der Waals surface area contributed by atoms with E-state index in [1.807, 2.05) is 12.1 Å². The smallest absolute Gasteiger partial charge is 0.171 e. The fraction of sp³-hybridized carbons (Fsp3) is 0.381. The maximum Gasteiger partial charge on any atom is 0.171 e. The molecule has 3 nitrogen and oxygen atoms in total. The maximum absolute atomic E-state index is 6.49. The Morgan fingerprint density at radius 2 is 1.88 bits per heavy atom. The molecule has 3 N–H and O–H groups in total. The van der Waals surface area contributed by atoms with Crippen LogP contribution < -0.4 is 15.5 Å². The van der Waals surface area contributed by atoms with E-state index in [4.69, 9.17) is 23.8 Å². The van der Waals surface area contributed by atoms with Crippen LogP contribution in [0.15, 0.2) is 42.5 Å². The number of rotatable bonds is 5. The largest absolute Gasteiger partial charge is 0.356 e. The van der Waals surface area contributed by atoms with Crippen molar-refractivity contribution in [2.75, 3.05) is 25.0 Å². The van der Waals surface area contributed by atoms with Gasteiger partial charge in [-0.25, -0.2) is 0 Å². The standard InChI is InChI=1S/C21H26ClN3S/c1-15-9-10-16(2)19(13-15)24-21(26)23-14-20(25-11-5-6-12-25)17-7-3-4-8-18(17)22/h3-4,7-10,13,20H,5-6,11-12,14H2,1-2H3,(H2,23,24,26)/p+1/t20-/m0/s1. The van der Waals surface area contributed by atoms with Crippen LogP contribution in [0.5, 0.6) is 0 Å². The molecule has 2 aromatic carbocycles. The topological polar surface area (TPSA) is 28.5 Å². The summed E-state index contributed by atoms with van der Waals surface area (Å²) in [7, 11) is 0. The molecule has 0 amide bonds. The fourth-order valence-corrected chi connectivity index (χ4v) is 4.10. The van der Waals surface area contributed by atoms with Gasteiger partial charge in [-0.3, -0.25) is 0 Å². The third-order valence-electron chi connectivity index (χ3n) is 5.13. The van der Waals surface area contributed by atoms with Crippen molar-refractivity contribution in [2.45, 2.75) is 32.7 Å². The van der Waals surface area contributed by atoms with Gasteiger partial charge in [0.05, 0.1) is 19.6 Å². The highest BCUT2D eigenvalue weighted by Gasteiger charge is 2.28. The van der Waals surface area contributed by atoms with Crippen molar-refractivity contribution in [1.82, 2.24) is 5.32 Å². The molecule has 1 aliphatic rings. The summed E-state index contributed by atoms with van der Waals surface area (Å²) in [5, 5.41) is 8.26. The predicted octanol–water partition coefficient (Wildman–Crippen LogP) is 3.66. The first-order valence-corrected chi connectivity index (χ1v) is 10.0. The molecule has 1 aliphatic heterocycles. The Morgan fingerprint density at radius 1 is 1.15 bits per heavy atom. The zero-order valence-electron chi connectivity index (χ0n) is 15.4. The minimum atomic E-state index is 0.310. The van der Waals surface area contributed by atoms with Gasteiger partial charge in [-0.15, -0.1) is 0 Å². The average Bonchev–Trinajstić information content (AvgIpc) is 3.14. The first-order chi connectivity index (χ1) is 12.5. The number of aryl methyl sites for hydroxylation is 2. The summed E-state index contributed by atoms with van der Waals surface area (Å²) >= 11 is 12.0. The van der Waals surface area contributed by atoms with E-state index in [1.165, 1.54) is 42.6 Å². The van der Waals surface area contributed by atoms with E-state index < -0.39 is 0 Å². The number of anilines is 1. The van der Waals surface area contributed by atoms with E-state index in [0.717, 1.165) is 17.3 Å². The number of thiocarbonyl (C=S) groups is 1. The van der Waals surface area contributed by atoms with Crippen LogP contribution in [0, 0.1) is 13.8 Å². The summed E-state index contributed by atoms with van der Waals surface area (Å²) in [5.74, 6) is 0. The van der Waals surface area contributed by atoms with Gasteiger partial charge >= 0.3 is 0 Å². The molecule has 2 aromatic rings. The molecule has 1 heterocycles. The first kappa shape index (κ1) is 19.2. The second kappa shape index (κ2) is 8.85. The summed E-state index contributed by atoms with van der Waals surface area (Å²) < 4.78 is 0. The fourth-order valence-electron chi connectivity index (χ4n) is 3.64. The summed E-state index contributed by atoms with van der Waals surface area (Å²) in [6.45, 7) is 7.33. The van der Waals surface area contributed by atoms with Crippen LogP contribution >= 0.6 is 23.8 Å². The van der Waals surface area contributed by atoms with Gasteiger partial charge in [0.1, 0.15) is 6.04 Å². The molecule has 0 aliphatic carbocycles. The van der Waals surface area contributed by atoms with Gasteiger partial charge in [0.2, 0.25) is 0 Å². The normalized spacial score (nSPS) is 15.7. The first-order valence-electron chi connectivity index (χ1n) is 9.25. The van der Waals surface area contributed by atoms with Crippen LogP contribution in [-0.2, 0) is 0 Å². The van der Waals surface area contributed by atoms with Gasteiger partial charge < -0.3 is 15.5 Å². The van der Waals surface area contributed by atoms with Gasteiger partial charge in [0.15, 0.2) is 5.11 Å². The molecule has 0 radical (unpaired) electrons. The van der Waals surface area contributed by atoms with Crippen molar-refractivity contribution in [1.29, 1.82) is 0 Å². The molecular weight excluding hydrogens is 362 g/mol. The van der Waals surface area contributed by atoms with E-state index in [9.17, 15) is 0 Å². The van der Waals surface area contributed by atoms with Crippen LogP contribution in [0.4, 0.5) is 5.69 Å². The highest BCUT2D eigenvalue weighted by molar-refractivity contribution is 7.80. The molecule has 1 fully saturated rings. The molecule has 1 atom stereocenters. The summed E-state index contributed by atoms with van der Waals surface area (Å²) in [5.41, 5.74) is 4.67. The third kappa shape index (κ3) is 4.76. The lowest BCUT2D eigenvalue weighted by Gasteiger charge is -2.26. The number of nitrogens with one attached hydrogen (secondary N) is 3. The molecular formula is C21H27ClN3S+. The monoisotopic (exact) mass is 388 g/mol. The van der Waals surface area contributed by atoms with Gasteiger partial charge in [-0.2, -0.15) is 0 Å². The Morgan fingerprint density at radius 3 is 2.62 bits per heavy atom. The van der Waals surface area contributed by atoms with E-state index in [2.05, 4.69) is 54.8 Å². The number of halogens is 1. The second-order valence-electron chi connectivity index (χ2n) is 7.09. The Labute approximate surface area is 166 Å². The molecule has 26 heavy (non-hydrogen) atoms. The Kier molecular flexibility index (Phi) is 6.52. The van der Waals surface area contributed by atoms with Crippen LogP contribution in [-0.4, -0.2) is 24.7 Å². The van der Waals surface area contributed by atoms with Gasteiger partial charge in [0.25, 0.3) is 0 Å². The zero-order valence-corrected chi connectivity index (χ0v) is 17.0. The minimum Gasteiger partial charge on any atom is -0.356 e. The molecule has 0 saturated carbocycles. The Bertz CT molecular complexity index is 772. The summed E-state index contributed by atoms with van der Waals surface area (Å²) in [4.78, 5) is 1.58. The number of quaternary nitrogens is 1. The molecule has 138 valence electrons. The van der Waals surface area contributed by atoms with E-state index in [1.54, 1.807) is 4.90 Å². The molecule has 0 unspecified atom stereocenters. The summed E-state index contributed by atoms with van der Waals surface area (Å²) in [6.07, 6.45) is 2.56. The highest BCUT2D eigenvalue weighted by atomic mass is 35.5. The zero-order chi connectivity index (χ0) is 18.5. The maximum atomic E-state index is 6.49. The molecule has 0 spiro atoms. The van der Waals surface area contributed by atoms with Gasteiger partial charge in [0, 0.05) is 29.1 Å². The Balaban J connectivity index is 1.68. The quantitative estimate of drug-likeness (QED) is 0.682. The van der Waals surface area contributed by atoms with Gasteiger partial charge in [-0.1, -0.05) is 41.9 Å². The molecule has 0 bridgehead atoms. The van der Waals surface area contributed by atoms with Crippen LogP contribution in [0.3, 0.4) is 0 Å². The average molecular weight is 389 g/mol. The lowest BCUT2D eigenvalue weighted by atomic mass is 10.1. The van der Waals surface area contributed by atoms with Crippen molar-refractivity contribution in [3.8, 4) is 0 Å². The lowest BCUT2D eigenvalue weighted by molar-refractivity contribution is -0.918. The molecule has 5 heteroatoms. The predicted molar refractivity (Wildman–Crippen MR) is 114 cm³/mol.